The van der Waals surface area contributed by atoms with E-state index in [0.29, 0.717) is 18.4 Å². The van der Waals surface area contributed by atoms with E-state index in [0.717, 1.165) is 25.7 Å². The van der Waals surface area contributed by atoms with Gasteiger partial charge in [-0.3, -0.25) is 33.8 Å². The smallest absolute Gasteiger partial charge is 0.254 e. The van der Waals surface area contributed by atoms with E-state index in [-0.39, 0.29) is 17.7 Å². The minimum Gasteiger partial charge on any atom is -0.330 e. The van der Waals surface area contributed by atoms with E-state index in [1.165, 1.54) is 78.7 Å². The lowest BCUT2D eigenvalue weighted by molar-refractivity contribution is -0.175. The number of carbonyl (C=O) groups excluding carboxylic acids is 5. The highest BCUT2D eigenvalue weighted by Crippen LogP contribution is 2.56. The van der Waals surface area contributed by atoms with Crippen LogP contribution in [0.3, 0.4) is 0 Å². The molecular formula is C31H35N3O5. The summed E-state index contributed by atoms with van der Waals surface area (Å²) in [5, 5.41) is 0. The Labute approximate surface area is 228 Å². The summed E-state index contributed by atoms with van der Waals surface area (Å²) >= 11 is 0. The Balaban J connectivity index is 1.22. The molecule has 7 rings (SSSR count). The largest absolute Gasteiger partial charge is 0.330 e. The van der Waals surface area contributed by atoms with Crippen molar-refractivity contribution in [3.05, 3.63) is 47.6 Å². The van der Waals surface area contributed by atoms with Crippen molar-refractivity contribution in [2.24, 2.45) is 23.7 Å². The molecule has 0 N–H and O–H groups in total. The van der Waals surface area contributed by atoms with Gasteiger partial charge in [-0.15, -0.1) is 0 Å². The highest BCUT2D eigenvalue weighted by Gasteiger charge is 2.64. The van der Waals surface area contributed by atoms with E-state index in [1.807, 2.05) is 0 Å². The molecule has 0 aromatic carbocycles. The molecule has 0 saturated heterocycles. The van der Waals surface area contributed by atoms with Crippen molar-refractivity contribution in [2.45, 2.75) is 82.3 Å². The van der Waals surface area contributed by atoms with Crippen LogP contribution in [-0.2, 0) is 24.0 Å². The molecule has 4 aliphatic carbocycles. The van der Waals surface area contributed by atoms with Crippen LogP contribution in [0.1, 0.15) is 64.2 Å². The van der Waals surface area contributed by atoms with Crippen molar-refractivity contribution >= 4 is 29.5 Å². The van der Waals surface area contributed by atoms with Gasteiger partial charge in [-0.1, -0.05) is 42.9 Å². The predicted octanol–water partition coefficient (Wildman–Crippen LogP) is 3.06. The summed E-state index contributed by atoms with van der Waals surface area (Å²) in [6, 6.07) is -1.83. The first-order valence-corrected chi connectivity index (χ1v) is 14.7. The van der Waals surface area contributed by atoms with E-state index in [1.54, 1.807) is 22.1 Å². The molecule has 3 aliphatic heterocycles. The monoisotopic (exact) mass is 529 g/mol. The normalized spacial score (nSPS) is 38.1. The van der Waals surface area contributed by atoms with Crippen molar-refractivity contribution in [2.75, 3.05) is 6.54 Å². The molecular weight excluding hydrogens is 494 g/mol. The molecule has 0 bridgehead atoms. The predicted molar refractivity (Wildman–Crippen MR) is 141 cm³/mol. The number of hydrogen-bond acceptors (Lipinski definition) is 5. The maximum Gasteiger partial charge on any atom is 0.254 e. The van der Waals surface area contributed by atoms with Crippen LogP contribution in [0.4, 0.5) is 0 Å². The summed E-state index contributed by atoms with van der Waals surface area (Å²) in [6.07, 6.45) is 20.1. The van der Waals surface area contributed by atoms with Gasteiger partial charge < -0.3 is 4.90 Å². The molecule has 0 aromatic heterocycles. The quantitative estimate of drug-likeness (QED) is 0.412. The average Bonchev–Trinajstić information content (AvgIpc) is 3.51. The summed E-state index contributed by atoms with van der Waals surface area (Å²) < 4.78 is 0. The maximum absolute atomic E-state index is 13.0. The Morgan fingerprint density at radius 1 is 0.538 bits per heavy atom. The molecule has 39 heavy (non-hydrogen) atoms. The zero-order valence-corrected chi connectivity index (χ0v) is 22.2. The van der Waals surface area contributed by atoms with Gasteiger partial charge in [0.05, 0.1) is 18.1 Å². The van der Waals surface area contributed by atoms with Gasteiger partial charge in [0.15, 0.2) is 0 Å². The van der Waals surface area contributed by atoms with Crippen molar-refractivity contribution in [1.82, 2.24) is 14.7 Å². The van der Waals surface area contributed by atoms with E-state index < -0.39 is 41.8 Å². The fourth-order valence-corrected chi connectivity index (χ4v) is 9.03. The average molecular weight is 530 g/mol. The molecule has 7 atom stereocenters. The first kappa shape index (κ1) is 24.7. The van der Waals surface area contributed by atoms with Gasteiger partial charge in [-0.25, -0.2) is 0 Å². The van der Waals surface area contributed by atoms with Gasteiger partial charge >= 0.3 is 0 Å². The summed E-state index contributed by atoms with van der Waals surface area (Å²) in [7, 11) is 0. The fraction of sp³-hybridized carbons (Fsp3) is 0.581. The molecule has 0 aromatic rings. The minimum atomic E-state index is -0.753. The standard InChI is InChI=1S/C31H35N3O5/c35-23-8-5-17-32(23)29-28(18-9-11-21-19-6-3-1-2-4-7-20(19)22(21)12-10-18)30(33-24(36)13-14-25(33)37)31(29)34-26(38)15-16-27(34)39/h5,8,13-16,18-20,28-31H,1-4,6-7,9-12,17H2/t18?,19-,20?,28?,29?,30?,31?/m0/s1. The van der Waals surface area contributed by atoms with Gasteiger partial charge in [0, 0.05) is 42.8 Å². The van der Waals surface area contributed by atoms with E-state index in [9.17, 15) is 24.0 Å². The summed E-state index contributed by atoms with van der Waals surface area (Å²) in [6.45, 7) is 0.401. The number of rotatable bonds is 4. The number of carbonyl (C=O) groups is 5. The third-order valence-electron chi connectivity index (χ3n) is 10.7. The lowest BCUT2D eigenvalue weighted by Gasteiger charge is -2.61. The SMILES string of the molecule is O=C1C=CCN1C1C(C2CCC3=C(CC2)[C@H]2CCCCCCC32)C(N2C(=O)C=CC2=O)C1N1C(=O)C=CC1=O. The van der Waals surface area contributed by atoms with Crippen LogP contribution in [-0.4, -0.2) is 68.9 Å². The second-order valence-electron chi connectivity index (χ2n) is 12.3. The van der Waals surface area contributed by atoms with Crippen LogP contribution >= 0.6 is 0 Å². The molecule has 3 heterocycles. The zero-order chi connectivity index (χ0) is 26.8. The van der Waals surface area contributed by atoms with E-state index in [4.69, 9.17) is 0 Å². The lowest BCUT2D eigenvalue weighted by atomic mass is 9.60. The van der Waals surface area contributed by atoms with Crippen LogP contribution in [0.2, 0.25) is 0 Å². The Bertz CT molecular complexity index is 1210. The Morgan fingerprint density at radius 2 is 1.05 bits per heavy atom. The van der Waals surface area contributed by atoms with Crippen molar-refractivity contribution in [1.29, 1.82) is 0 Å². The highest BCUT2D eigenvalue weighted by molar-refractivity contribution is 6.15. The van der Waals surface area contributed by atoms with Crippen LogP contribution in [0.25, 0.3) is 0 Å². The first-order valence-electron chi connectivity index (χ1n) is 14.7. The lowest BCUT2D eigenvalue weighted by Crippen LogP contribution is -2.78. The first-order chi connectivity index (χ1) is 19.0. The van der Waals surface area contributed by atoms with Gasteiger partial charge in [-0.05, 0) is 56.3 Å². The van der Waals surface area contributed by atoms with Gasteiger partial charge in [0.2, 0.25) is 5.91 Å². The molecule has 0 radical (unpaired) electrons. The topological polar surface area (TPSA) is 95.1 Å². The fourth-order valence-electron chi connectivity index (χ4n) is 9.03. The van der Waals surface area contributed by atoms with Gasteiger partial charge in [-0.2, -0.15) is 0 Å². The molecule has 204 valence electrons. The zero-order valence-electron chi connectivity index (χ0n) is 22.2. The Hall–Kier alpha value is -3.29. The van der Waals surface area contributed by atoms with Crippen molar-refractivity contribution in [3.8, 4) is 0 Å². The molecule has 8 heteroatoms. The maximum atomic E-state index is 13.0. The molecule has 5 amide bonds. The number of amides is 5. The van der Waals surface area contributed by atoms with Crippen LogP contribution in [0.15, 0.2) is 47.6 Å². The molecule has 7 aliphatic rings. The Kier molecular flexibility index (Phi) is 5.97. The van der Waals surface area contributed by atoms with E-state index >= 15 is 0 Å². The summed E-state index contributed by atoms with van der Waals surface area (Å²) in [5.74, 6) is -0.476. The molecule has 2 saturated carbocycles. The van der Waals surface area contributed by atoms with Gasteiger partial charge in [0.1, 0.15) is 0 Å². The minimum absolute atomic E-state index is 0.145. The molecule has 8 nitrogen and oxygen atoms in total. The number of fused-ring (bicyclic) bond motifs is 3. The molecule has 2 fully saturated rings. The van der Waals surface area contributed by atoms with Crippen LogP contribution in [0.5, 0.6) is 0 Å². The summed E-state index contributed by atoms with van der Waals surface area (Å²) in [4.78, 5) is 69.0. The number of allylic oxidation sites excluding steroid dienone is 2. The summed E-state index contributed by atoms with van der Waals surface area (Å²) in [5.41, 5.74) is 3.30. The second-order valence-corrected chi connectivity index (χ2v) is 12.3. The number of hydrogen-bond donors (Lipinski definition) is 0. The Morgan fingerprint density at radius 3 is 1.54 bits per heavy atom. The van der Waals surface area contributed by atoms with Crippen LogP contribution in [0, 0.1) is 23.7 Å². The van der Waals surface area contributed by atoms with Gasteiger partial charge in [0.25, 0.3) is 23.6 Å². The third-order valence-corrected chi connectivity index (χ3v) is 10.7. The van der Waals surface area contributed by atoms with Crippen LogP contribution < -0.4 is 0 Å². The second kappa shape index (κ2) is 9.42. The third kappa shape index (κ3) is 3.74. The molecule has 0 spiro atoms. The number of nitrogens with zero attached hydrogens (tertiary/aromatic N) is 3. The van der Waals surface area contributed by atoms with E-state index in [2.05, 4.69) is 0 Å². The highest BCUT2D eigenvalue weighted by atomic mass is 16.2. The van der Waals surface area contributed by atoms with Crippen molar-refractivity contribution < 1.29 is 24.0 Å². The van der Waals surface area contributed by atoms with Crippen molar-refractivity contribution in [3.63, 3.8) is 0 Å². The molecule has 6 unspecified atom stereocenters. The number of imide groups is 2.